The Balaban J connectivity index is 2.40. The molecule has 0 aliphatic carbocycles. The minimum Gasteiger partial charge on any atom is -0.481 e. The number of hydrogen-bond donors (Lipinski definition) is 3. The number of rotatable bonds is 6. The third-order valence-electron chi connectivity index (χ3n) is 2.31. The van der Waals surface area contributed by atoms with Crippen LogP contribution in [0, 0.1) is 0 Å². The normalized spacial score (nSPS) is 11.7. The van der Waals surface area contributed by atoms with Gasteiger partial charge in [-0.2, -0.15) is 0 Å². The fraction of sp³-hybridized carbons (Fsp3) is 0.333. The molecule has 0 fully saturated rings. The summed E-state index contributed by atoms with van der Waals surface area (Å²) in [6, 6.07) is 6.73. The number of carboxylic acids is 1. The van der Waals surface area contributed by atoms with Gasteiger partial charge >= 0.3 is 12.0 Å². The Morgan fingerprint density at radius 3 is 2.79 bits per heavy atom. The van der Waals surface area contributed by atoms with Crippen molar-refractivity contribution in [3.05, 3.63) is 28.7 Å². The van der Waals surface area contributed by atoms with Gasteiger partial charge in [-0.25, -0.2) is 4.79 Å². The second kappa shape index (κ2) is 7.75. The van der Waals surface area contributed by atoms with Gasteiger partial charge in [0, 0.05) is 23.8 Å². The van der Waals surface area contributed by atoms with Crippen LogP contribution in [0.1, 0.15) is 6.42 Å². The number of hydrogen-bond acceptors (Lipinski definition) is 3. The van der Waals surface area contributed by atoms with Gasteiger partial charge in [-0.1, -0.05) is 22.0 Å². The van der Waals surface area contributed by atoms with Crippen LogP contribution < -0.4 is 10.6 Å². The van der Waals surface area contributed by atoms with E-state index in [1.807, 2.05) is 6.07 Å². The first kappa shape index (κ1) is 15.5. The van der Waals surface area contributed by atoms with Gasteiger partial charge in [0.25, 0.3) is 0 Å². The van der Waals surface area contributed by atoms with Crippen LogP contribution in [0.25, 0.3) is 0 Å². The number of amides is 2. The minimum absolute atomic E-state index is 0.128. The molecule has 1 unspecified atom stereocenters. The van der Waals surface area contributed by atoms with Crippen LogP contribution in [0.3, 0.4) is 0 Å². The number of methoxy groups -OCH3 is 1. The predicted octanol–water partition coefficient (Wildman–Crippen LogP) is 2.06. The van der Waals surface area contributed by atoms with Crippen LogP contribution in [-0.2, 0) is 9.53 Å². The number of halogens is 1. The molecule has 1 atom stereocenters. The van der Waals surface area contributed by atoms with E-state index in [4.69, 9.17) is 9.84 Å². The molecule has 0 saturated carbocycles. The maximum absolute atomic E-state index is 11.6. The monoisotopic (exact) mass is 330 g/mol. The van der Waals surface area contributed by atoms with Crippen molar-refractivity contribution in [3.63, 3.8) is 0 Å². The van der Waals surface area contributed by atoms with Crippen molar-refractivity contribution in [3.8, 4) is 0 Å². The van der Waals surface area contributed by atoms with Crippen LogP contribution in [0.4, 0.5) is 10.5 Å². The van der Waals surface area contributed by atoms with Crippen molar-refractivity contribution >= 4 is 33.6 Å². The zero-order valence-corrected chi connectivity index (χ0v) is 11.9. The molecule has 1 rings (SSSR count). The zero-order chi connectivity index (χ0) is 14.3. The fourth-order valence-electron chi connectivity index (χ4n) is 1.38. The number of nitrogens with one attached hydrogen (secondary N) is 2. The molecule has 0 spiro atoms. The van der Waals surface area contributed by atoms with Crippen LogP contribution >= 0.6 is 15.9 Å². The molecule has 0 aliphatic rings. The largest absolute Gasteiger partial charge is 0.481 e. The molecule has 6 nitrogen and oxygen atoms in total. The Morgan fingerprint density at radius 2 is 2.21 bits per heavy atom. The number of urea groups is 1. The number of carboxylic acid groups (broad SMARTS) is 1. The standard InChI is InChI=1S/C12H15BrN2O4/c1-19-10(6-11(16)17)7-14-12(18)15-9-4-2-3-8(13)5-9/h2-5,10H,6-7H2,1H3,(H,16,17)(H2,14,15,18). The molecule has 3 N–H and O–H groups in total. The zero-order valence-electron chi connectivity index (χ0n) is 10.4. The van der Waals surface area contributed by atoms with Gasteiger partial charge in [-0.3, -0.25) is 4.79 Å². The van der Waals surface area contributed by atoms with Gasteiger partial charge in [0.15, 0.2) is 0 Å². The quantitative estimate of drug-likeness (QED) is 0.745. The summed E-state index contributed by atoms with van der Waals surface area (Å²) >= 11 is 3.30. The molecule has 1 aromatic rings. The number of aliphatic carboxylic acids is 1. The van der Waals surface area contributed by atoms with E-state index < -0.39 is 18.1 Å². The van der Waals surface area contributed by atoms with Crippen LogP contribution in [0.5, 0.6) is 0 Å². The molecule has 0 aliphatic heterocycles. The lowest BCUT2D eigenvalue weighted by molar-refractivity contribution is -0.139. The number of anilines is 1. The third-order valence-corrected chi connectivity index (χ3v) is 2.80. The van der Waals surface area contributed by atoms with Crippen molar-refractivity contribution in [2.45, 2.75) is 12.5 Å². The minimum atomic E-state index is -0.971. The molecule has 0 radical (unpaired) electrons. The highest BCUT2D eigenvalue weighted by molar-refractivity contribution is 9.10. The smallest absolute Gasteiger partial charge is 0.319 e. The van der Waals surface area contributed by atoms with Crippen molar-refractivity contribution in [2.24, 2.45) is 0 Å². The summed E-state index contributed by atoms with van der Waals surface area (Å²) in [5, 5.41) is 13.8. The highest BCUT2D eigenvalue weighted by atomic mass is 79.9. The van der Waals surface area contributed by atoms with Crippen molar-refractivity contribution in [1.82, 2.24) is 5.32 Å². The maximum atomic E-state index is 11.6. The van der Waals surface area contributed by atoms with Crippen molar-refractivity contribution in [1.29, 1.82) is 0 Å². The third kappa shape index (κ3) is 6.21. The lowest BCUT2D eigenvalue weighted by Gasteiger charge is -2.14. The summed E-state index contributed by atoms with van der Waals surface area (Å²) in [6.45, 7) is 0.128. The van der Waals surface area contributed by atoms with Crippen molar-refractivity contribution in [2.75, 3.05) is 19.0 Å². The fourth-order valence-corrected chi connectivity index (χ4v) is 1.78. The summed E-state index contributed by atoms with van der Waals surface area (Å²) in [7, 11) is 1.40. The Morgan fingerprint density at radius 1 is 1.47 bits per heavy atom. The summed E-state index contributed by atoms with van der Waals surface area (Å²) in [4.78, 5) is 22.1. The SMILES string of the molecule is COC(CNC(=O)Nc1cccc(Br)c1)CC(=O)O. The first-order valence-corrected chi connectivity index (χ1v) is 6.35. The molecule has 0 heterocycles. The average Bonchev–Trinajstić information content (AvgIpc) is 2.34. The molecule has 0 aromatic heterocycles. The lowest BCUT2D eigenvalue weighted by Crippen LogP contribution is -2.37. The molecular formula is C12H15BrN2O4. The van der Waals surface area contributed by atoms with E-state index in [9.17, 15) is 9.59 Å². The maximum Gasteiger partial charge on any atom is 0.319 e. The van der Waals surface area contributed by atoms with Gasteiger partial charge in [0.05, 0.1) is 12.5 Å². The summed E-state index contributed by atoms with van der Waals surface area (Å²) < 4.78 is 5.80. The van der Waals surface area contributed by atoms with Gasteiger partial charge in [-0.15, -0.1) is 0 Å². The topological polar surface area (TPSA) is 87.7 Å². The number of benzene rings is 1. The summed E-state index contributed by atoms with van der Waals surface area (Å²) in [5.74, 6) is -0.971. The van der Waals surface area contributed by atoms with Gasteiger partial charge in [0.2, 0.25) is 0 Å². The first-order valence-electron chi connectivity index (χ1n) is 5.56. The Kier molecular flexibility index (Phi) is 6.31. The summed E-state index contributed by atoms with van der Waals surface area (Å²) in [6.07, 6.45) is -0.709. The molecule has 0 saturated heterocycles. The molecule has 1 aromatic carbocycles. The van der Waals surface area contributed by atoms with E-state index in [-0.39, 0.29) is 13.0 Å². The molecule has 104 valence electrons. The van der Waals surface area contributed by atoms with E-state index in [0.29, 0.717) is 5.69 Å². The molecule has 7 heteroatoms. The van der Waals surface area contributed by atoms with Gasteiger partial charge in [0.1, 0.15) is 0 Å². The summed E-state index contributed by atoms with van der Waals surface area (Å²) in [5.41, 5.74) is 0.638. The van der Waals surface area contributed by atoms with E-state index in [1.165, 1.54) is 7.11 Å². The first-order chi connectivity index (χ1) is 9.01. The Hall–Kier alpha value is -1.60. The van der Waals surface area contributed by atoms with E-state index in [1.54, 1.807) is 18.2 Å². The predicted molar refractivity (Wildman–Crippen MR) is 74.2 cm³/mol. The van der Waals surface area contributed by atoms with Crippen LogP contribution in [0.15, 0.2) is 28.7 Å². The number of ether oxygens (including phenoxy) is 1. The van der Waals surface area contributed by atoms with Crippen LogP contribution in [0.2, 0.25) is 0 Å². The lowest BCUT2D eigenvalue weighted by atomic mass is 10.2. The molecule has 0 bridgehead atoms. The van der Waals surface area contributed by atoms with Crippen molar-refractivity contribution < 1.29 is 19.4 Å². The highest BCUT2D eigenvalue weighted by Crippen LogP contribution is 2.15. The van der Waals surface area contributed by atoms with E-state index >= 15 is 0 Å². The van der Waals surface area contributed by atoms with E-state index in [0.717, 1.165) is 4.47 Å². The van der Waals surface area contributed by atoms with E-state index in [2.05, 4.69) is 26.6 Å². The molecule has 19 heavy (non-hydrogen) atoms. The second-order valence-corrected chi connectivity index (χ2v) is 4.72. The average molecular weight is 331 g/mol. The Labute approximate surface area is 119 Å². The molecular weight excluding hydrogens is 316 g/mol. The number of carbonyl (C=O) groups excluding carboxylic acids is 1. The van der Waals surface area contributed by atoms with Gasteiger partial charge < -0.3 is 20.5 Å². The molecule has 2 amide bonds. The highest BCUT2D eigenvalue weighted by Gasteiger charge is 2.13. The number of carbonyl (C=O) groups is 2. The second-order valence-electron chi connectivity index (χ2n) is 3.80. The Bertz CT molecular complexity index is 453. The van der Waals surface area contributed by atoms with Gasteiger partial charge in [-0.05, 0) is 18.2 Å². The van der Waals surface area contributed by atoms with Crippen LogP contribution in [-0.4, -0.2) is 36.9 Å².